The molecule has 1 aliphatic heterocycles. The summed E-state index contributed by atoms with van der Waals surface area (Å²) in [4.78, 5) is 27.9. The number of benzene rings is 1. The molecule has 2 heterocycles. The Balaban J connectivity index is 2.09. The average Bonchev–Trinajstić information content (AvgIpc) is 2.67. The van der Waals surface area contributed by atoms with Crippen LogP contribution in [0.15, 0.2) is 29.1 Å². The van der Waals surface area contributed by atoms with Crippen molar-refractivity contribution in [2.45, 2.75) is 13.3 Å². The topological polar surface area (TPSA) is 89.0 Å². The van der Waals surface area contributed by atoms with Crippen molar-refractivity contribution in [3.8, 4) is 17.2 Å². The van der Waals surface area contributed by atoms with E-state index < -0.39 is 0 Å². The number of H-pyrrole nitrogens is 1. The molecule has 6 heteroatoms. The molecule has 0 radical (unpaired) electrons. The molecular weight excluding hydrogens is 292 g/mol. The van der Waals surface area contributed by atoms with Gasteiger partial charge in [-0.25, -0.2) is 4.79 Å². The predicted molar refractivity (Wildman–Crippen MR) is 87.3 cm³/mol. The van der Waals surface area contributed by atoms with E-state index in [2.05, 4.69) is 10.3 Å². The van der Waals surface area contributed by atoms with Gasteiger partial charge in [-0.2, -0.15) is 5.26 Å². The lowest BCUT2D eigenvalue weighted by Gasteiger charge is -2.12. The smallest absolute Gasteiger partial charge is 0.321 e. The van der Waals surface area contributed by atoms with Gasteiger partial charge in [-0.1, -0.05) is 6.07 Å². The molecule has 0 fully saturated rings. The third kappa shape index (κ3) is 2.69. The van der Waals surface area contributed by atoms with Crippen LogP contribution < -0.4 is 10.9 Å². The van der Waals surface area contributed by atoms with Crippen molar-refractivity contribution in [3.63, 3.8) is 0 Å². The Bertz CT molecular complexity index is 892. The summed E-state index contributed by atoms with van der Waals surface area (Å²) in [7, 11) is 1.76. The number of nitriles is 1. The number of aromatic amines is 1. The van der Waals surface area contributed by atoms with Crippen molar-refractivity contribution in [2.75, 3.05) is 18.9 Å². The van der Waals surface area contributed by atoms with Crippen molar-refractivity contribution < 1.29 is 4.79 Å². The van der Waals surface area contributed by atoms with Crippen LogP contribution in [-0.4, -0.2) is 29.5 Å². The van der Waals surface area contributed by atoms with E-state index in [4.69, 9.17) is 5.26 Å². The lowest BCUT2D eigenvalue weighted by atomic mass is 9.98. The number of nitrogens with zero attached hydrogens (tertiary/aromatic N) is 2. The first-order valence-electron chi connectivity index (χ1n) is 7.29. The summed E-state index contributed by atoms with van der Waals surface area (Å²) >= 11 is 0. The molecule has 1 aromatic carbocycles. The van der Waals surface area contributed by atoms with Crippen LogP contribution in [0.5, 0.6) is 0 Å². The molecule has 2 aromatic rings. The van der Waals surface area contributed by atoms with Gasteiger partial charge in [-0.15, -0.1) is 0 Å². The zero-order chi connectivity index (χ0) is 16.6. The van der Waals surface area contributed by atoms with E-state index in [9.17, 15) is 9.59 Å². The normalized spacial score (nSPS) is 13.8. The van der Waals surface area contributed by atoms with Gasteiger partial charge in [-0.05, 0) is 42.7 Å². The summed E-state index contributed by atoms with van der Waals surface area (Å²) in [5.41, 5.74) is 3.98. The summed E-state index contributed by atoms with van der Waals surface area (Å²) in [5.74, 6) is 0. The Morgan fingerprint density at radius 1 is 1.26 bits per heavy atom. The number of likely N-dealkylation sites (N-methyl/N-ethyl adjacent to an activating group) is 1. The molecule has 6 nitrogen and oxygen atoms in total. The number of rotatable bonds is 1. The van der Waals surface area contributed by atoms with Gasteiger partial charge in [0, 0.05) is 30.5 Å². The minimum atomic E-state index is -0.377. The number of nitrogens with one attached hydrogen (secondary N) is 2. The van der Waals surface area contributed by atoms with Crippen LogP contribution in [0.3, 0.4) is 0 Å². The van der Waals surface area contributed by atoms with Crippen LogP contribution in [0.4, 0.5) is 10.5 Å². The monoisotopic (exact) mass is 308 g/mol. The largest absolute Gasteiger partial charge is 0.327 e. The Morgan fingerprint density at radius 2 is 2.04 bits per heavy atom. The van der Waals surface area contributed by atoms with E-state index in [0.29, 0.717) is 12.2 Å². The molecule has 0 saturated carbocycles. The van der Waals surface area contributed by atoms with Gasteiger partial charge in [0.1, 0.15) is 11.6 Å². The van der Waals surface area contributed by atoms with Gasteiger partial charge < -0.3 is 15.2 Å². The standard InChI is InChI=1S/C17H16N4O2/c1-10-14(8-13(9-18)16(22)19-10)11-3-4-15-12(7-11)5-6-21(2)17(23)20-15/h3-4,7-8H,5-6H2,1-2H3,(H,19,22)(H,20,23). The third-order valence-corrected chi connectivity index (χ3v) is 4.08. The van der Waals surface area contributed by atoms with Gasteiger partial charge in [0.15, 0.2) is 0 Å². The summed E-state index contributed by atoms with van der Waals surface area (Å²) in [6, 6.07) is 9.13. The fraction of sp³-hybridized carbons (Fsp3) is 0.235. The first-order chi connectivity index (χ1) is 11.0. The average molecular weight is 308 g/mol. The molecule has 3 rings (SSSR count). The first-order valence-corrected chi connectivity index (χ1v) is 7.29. The highest BCUT2D eigenvalue weighted by molar-refractivity contribution is 5.91. The van der Waals surface area contributed by atoms with E-state index in [1.807, 2.05) is 24.3 Å². The maximum atomic E-state index is 11.8. The van der Waals surface area contributed by atoms with Gasteiger partial charge in [0.05, 0.1) is 0 Å². The van der Waals surface area contributed by atoms with Crippen LogP contribution in [0, 0.1) is 18.3 Å². The number of aryl methyl sites for hydroxylation is 1. The van der Waals surface area contributed by atoms with E-state index in [0.717, 1.165) is 28.8 Å². The number of aromatic nitrogens is 1. The number of hydrogen-bond acceptors (Lipinski definition) is 3. The van der Waals surface area contributed by atoms with E-state index in [1.165, 1.54) is 0 Å². The molecule has 0 spiro atoms. The maximum Gasteiger partial charge on any atom is 0.321 e. The van der Waals surface area contributed by atoms with Gasteiger partial charge in [0.25, 0.3) is 5.56 Å². The van der Waals surface area contributed by atoms with E-state index in [-0.39, 0.29) is 17.2 Å². The number of fused-ring (bicyclic) bond motifs is 1. The third-order valence-electron chi connectivity index (χ3n) is 4.08. The second-order valence-electron chi connectivity index (χ2n) is 5.64. The number of anilines is 1. The van der Waals surface area contributed by atoms with Crippen LogP contribution in [0.1, 0.15) is 16.8 Å². The Labute approximate surface area is 133 Å². The minimum absolute atomic E-state index is 0.0913. The molecule has 0 saturated heterocycles. The van der Waals surface area contributed by atoms with E-state index in [1.54, 1.807) is 24.9 Å². The number of amides is 2. The SMILES string of the molecule is Cc1[nH]c(=O)c(C#N)cc1-c1ccc2c(c1)CCN(C)C(=O)N2. The van der Waals surface area contributed by atoms with E-state index >= 15 is 0 Å². The Hall–Kier alpha value is -3.07. The number of urea groups is 1. The second-order valence-corrected chi connectivity index (χ2v) is 5.64. The molecule has 1 aromatic heterocycles. The zero-order valence-corrected chi connectivity index (χ0v) is 12.9. The molecular formula is C17H16N4O2. The summed E-state index contributed by atoms with van der Waals surface area (Å²) in [6.45, 7) is 2.44. The predicted octanol–water partition coefficient (Wildman–Crippen LogP) is 2.24. The van der Waals surface area contributed by atoms with Crippen molar-refractivity contribution in [1.82, 2.24) is 9.88 Å². The van der Waals surface area contributed by atoms with Crippen LogP contribution in [0.25, 0.3) is 11.1 Å². The van der Waals surface area contributed by atoms with Crippen molar-refractivity contribution in [2.24, 2.45) is 0 Å². The van der Waals surface area contributed by atoms with Gasteiger partial charge >= 0.3 is 6.03 Å². The van der Waals surface area contributed by atoms with Crippen molar-refractivity contribution >= 4 is 11.7 Å². The first kappa shape index (κ1) is 14.9. The van der Waals surface area contributed by atoms with Crippen LogP contribution >= 0.6 is 0 Å². The van der Waals surface area contributed by atoms with Crippen molar-refractivity contribution in [1.29, 1.82) is 5.26 Å². The Kier molecular flexibility index (Phi) is 3.62. The van der Waals surface area contributed by atoms with Gasteiger partial charge in [0.2, 0.25) is 0 Å². The van der Waals surface area contributed by atoms with Gasteiger partial charge in [-0.3, -0.25) is 4.79 Å². The molecule has 0 unspecified atom stereocenters. The summed E-state index contributed by atoms with van der Waals surface area (Å²) < 4.78 is 0. The molecule has 0 bridgehead atoms. The maximum absolute atomic E-state index is 11.8. The molecule has 116 valence electrons. The minimum Gasteiger partial charge on any atom is -0.327 e. The lowest BCUT2D eigenvalue weighted by Crippen LogP contribution is -2.30. The zero-order valence-electron chi connectivity index (χ0n) is 12.9. The summed E-state index contributed by atoms with van der Waals surface area (Å²) in [5, 5.41) is 11.9. The van der Waals surface area contributed by atoms with Crippen molar-refractivity contribution in [3.05, 3.63) is 51.4 Å². The number of hydrogen-bond donors (Lipinski definition) is 2. The highest BCUT2D eigenvalue weighted by Crippen LogP contribution is 2.28. The molecule has 2 N–H and O–H groups in total. The lowest BCUT2D eigenvalue weighted by molar-refractivity contribution is 0.224. The fourth-order valence-corrected chi connectivity index (χ4v) is 2.70. The number of pyridine rings is 1. The molecule has 1 aliphatic rings. The fourth-order valence-electron chi connectivity index (χ4n) is 2.70. The molecule has 2 amide bonds. The highest BCUT2D eigenvalue weighted by Gasteiger charge is 2.17. The molecule has 0 atom stereocenters. The summed E-state index contributed by atoms with van der Waals surface area (Å²) in [6.07, 6.45) is 0.742. The van der Waals surface area contributed by atoms with Crippen LogP contribution in [-0.2, 0) is 6.42 Å². The number of carbonyl (C=O) groups is 1. The molecule has 0 aliphatic carbocycles. The highest BCUT2D eigenvalue weighted by atomic mass is 16.2. The Morgan fingerprint density at radius 3 is 2.78 bits per heavy atom. The molecule has 23 heavy (non-hydrogen) atoms. The number of carbonyl (C=O) groups excluding carboxylic acids is 1. The van der Waals surface area contributed by atoms with Crippen LogP contribution in [0.2, 0.25) is 0 Å². The second kappa shape index (κ2) is 5.61. The quantitative estimate of drug-likeness (QED) is 0.846.